The van der Waals surface area contributed by atoms with Gasteiger partial charge >= 0.3 is 131 Å². The molecule has 7 heteroatoms. The second kappa shape index (κ2) is 17.1. The Bertz CT molecular complexity index is 3120. The van der Waals surface area contributed by atoms with E-state index < -0.39 is 26.0 Å². The van der Waals surface area contributed by atoms with Gasteiger partial charge in [-0.1, -0.05) is 80.3 Å². The average molecular weight is 1030 g/mol. The molecular weight excluding hydrogens is 973 g/mol. The van der Waals surface area contributed by atoms with Gasteiger partial charge in [-0.15, -0.1) is 18.2 Å². The number of pyridine rings is 2. The molecule has 0 aliphatic carbocycles. The van der Waals surface area contributed by atoms with Gasteiger partial charge < -0.3 is 8.98 Å². The first kappa shape index (κ1) is 37.8. The fourth-order valence-electron chi connectivity index (χ4n) is 7.56. The summed E-state index contributed by atoms with van der Waals surface area (Å²) in [5, 5.41) is 2.00. The Hall–Kier alpha value is -5.14. The third kappa shape index (κ3) is 8.56. The van der Waals surface area contributed by atoms with Gasteiger partial charge in [0, 0.05) is 42.4 Å². The molecule has 0 saturated carbocycles. The average Bonchev–Trinajstić information content (AvgIpc) is 3.81. The fourth-order valence-corrected chi connectivity index (χ4v) is 10.9. The van der Waals surface area contributed by atoms with Crippen molar-refractivity contribution in [2.45, 2.75) is 77.0 Å². The Morgan fingerprint density at radius 1 is 0.833 bits per heavy atom. The zero-order valence-electron chi connectivity index (χ0n) is 39.7. The van der Waals surface area contributed by atoms with Crippen molar-refractivity contribution >= 4 is 50.8 Å². The normalized spacial score (nSPS) is 13.2. The molecule has 60 heavy (non-hydrogen) atoms. The first-order chi connectivity index (χ1) is 29.7. The van der Waals surface area contributed by atoms with Crippen LogP contribution in [0.25, 0.3) is 72.6 Å². The van der Waals surface area contributed by atoms with Gasteiger partial charge in [0.2, 0.25) is 5.71 Å². The number of para-hydroxylation sites is 2. The number of aromatic nitrogens is 4. The third-order valence-corrected chi connectivity index (χ3v) is 15.0. The zero-order chi connectivity index (χ0) is 45.1. The van der Waals surface area contributed by atoms with Gasteiger partial charge in [-0.25, -0.2) is 4.98 Å². The molecule has 9 rings (SSSR count). The summed E-state index contributed by atoms with van der Waals surface area (Å²) in [6, 6.07) is 47.0. The summed E-state index contributed by atoms with van der Waals surface area (Å²) < 4.78 is 40.7. The van der Waals surface area contributed by atoms with Crippen LogP contribution in [0.2, 0.25) is 17.3 Å². The Labute approximate surface area is 376 Å². The molecule has 5 nitrogen and oxygen atoms in total. The standard InChI is InChI=1S/C35H28N3O.C18H24GeN.Ir/c1-22-17-19-26-25-13-10-14-27(32(25)39-34(26)36-22)33-37-29-15-8-9-16-31(29)38(33)30-20-18-24(35(2,3)4)21-28(30)23-11-6-5-7-12-23;1-13(2)16-11-18(15-9-7-14(3)8-10-15)20-12-17(16)19(4,5)6;/h5-13,15-21H,1-4H3;7-9,11-13H,1-6H3;/q2*-1;/i;3D3,13D;. The SMILES string of the molecule is Cc1ccc2c(n1)oc1c(-c3nc4ccccc4n3-c3ccc(C(C)(C)C)cc3-c3ccccc3)[c-]ccc12.[2H]C([2H])([2H])c1c[c-]c(-c2cc(C([2H])(C)C)[c]([Ge]([CH3])([CH3])[CH3])cn2)cc1.[Ir]. The molecule has 0 unspecified atom stereocenters. The number of nitrogens with zero attached hydrogens (tertiary/aromatic N) is 4. The minimum Gasteiger partial charge on any atom is 0 e. The van der Waals surface area contributed by atoms with Crippen LogP contribution in [-0.4, -0.2) is 32.8 Å². The third-order valence-electron chi connectivity index (χ3n) is 10.7. The molecule has 9 aromatic rings. The molecule has 305 valence electrons. The van der Waals surface area contributed by atoms with Crippen molar-refractivity contribution < 1.29 is 30.0 Å². The van der Waals surface area contributed by atoms with E-state index in [-0.39, 0.29) is 31.1 Å². The molecule has 4 heterocycles. The minimum atomic E-state index is -2.14. The molecule has 5 aromatic carbocycles. The van der Waals surface area contributed by atoms with Crippen LogP contribution in [0.3, 0.4) is 0 Å². The zero-order valence-corrected chi connectivity index (χ0v) is 40.1. The van der Waals surface area contributed by atoms with E-state index in [1.165, 1.54) is 16.0 Å². The minimum absolute atomic E-state index is 0. The topological polar surface area (TPSA) is 56.7 Å². The van der Waals surface area contributed by atoms with Crippen LogP contribution in [0.4, 0.5) is 0 Å². The monoisotopic (exact) mass is 1030 g/mol. The maximum absolute atomic E-state index is 8.49. The Balaban J connectivity index is 0.000000212. The van der Waals surface area contributed by atoms with Crippen LogP contribution in [0.5, 0.6) is 0 Å². The fraction of sp³-hybridized carbons (Fsp3) is 0.226. The van der Waals surface area contributed by atoms with Gasteiger partial charge in [0.05, 0.1) is 22.4 Å². The van der Waals surface area contributed by atoms with Crippen molar-refractivity contribution in [3.63, 3.8) is 0 Å². The van der Waals surface area contributed by atoms with Gasteiger partial charge in [-0.05, 0) is 59.9 Å². The number of fused-ring (bicyclic) bond motifs is 4. The first-order valence-corrected chi connectivity index (χ1v) is 27.5. The molecule has 0 aliphatic rings. The molecular formula is C53H52GeIrN4O-2. The molecule has 0 atom stereocenters. The van der Waals surface area contributed by atoms with Crippen LogP contribution in [0.15, 0.2) is 132 Å². The maximum atomic E-state index is 8.49. The second-order valence-electron chi connectivity index (χ2n) is 17.5. The molecule has 1 radical (unpaired) electrons. The van der Waals surface area contributed by atoms with Crippen LogP contribution in [0, 0.1) is 25.9 Å². The van der Waals surface area contributed by atoms with E-state index in [0.717, 1.165) is 78.1 Å². The van der Waals surface area contributed by atoms with E-state index in [1.807, 2.05) is 57.3 Å². The quantitative estimate of drug-likeness (QED) is 0.123. The van der Waals surface area contributed by atoms with Crippen LogP contribution < -0.4 is 4.40 Å². The van der Waals surface area contributed by atoms with Gasteiger partial charge in [-0.3, -0.25) is 4.98 Å². The summed E-state index contributed by atoms with van der Waals surface area (Å²) in [6.45, 7) is 10.4. The summed E-state index contributed by atoms with van der Waals surface area (Å²) in [4.78, 5) is 14.4. The van der Waals surface area contributed by atoms with Crippen molar-refractivity contribution in [1.82, 2.24) is 19.5 Å². The van der Waals surface area contributed by atoms with Crippen molar-refractivity contribution in [3.8, 4) is 39.5 Å². The van der Waals surface area contributed by atoms with E-state index in [0.29, 0.717) is 5.71 Å². The van der Waals surface area contributed by atoms with E-state index in [4.69, 9.17) is 14.9 Å². The summed E-state index contributed by atoms with van der Waals surface area (Å²) in [6.07, 6.45) is 1.91. The molecule has 4 aromatic heterocycles. The molecule has 0 N–H and O–H groups in total. The van der Waals surface area contributed by atoms with Crippen molar-refractivity contribution in [2.24, 2.45) is 0 Å². The maximum Gasteiger partial charge on any atom is 0 e. The van der Waals surface area contributed by atoms with Crippen molar-refractivity contribution in [2.75, 3.05) is 0 Å². The summed E-state index contributed by atoms with van der Waals surface area (Å²) >= 11 is -2.14. The van der Waals surface area contributed by atoms with Crippen LogP contribution in [0.1, 0.15) is 68.4 Å². The van der Waals surface area contributed by atoms with Crippen molar-refractivity contribution in [3.05, 3.63) is 162 Å². The molecule has 0 saturated heterocycles. The van der Waals surface area contributed by atoms with Gasteiger partial charge in [0.25, 0.3) is 0 Å². The largest absolute Gasteiger partial charge is 0 e. The Morgan fingerprint density at radius 3 is 2.30 bits per heavy atom. The first-order valence-electron chi connectivity index (χ1n) is 22.1. The number of imidazole rings is 1. The number of aryl methyl sites for hydroxylation is 2. The number of hydrogen-bond donors (Lipinski definition) is 0. The number of benzene rings is 5. The van der Waals surface area contributed by atoms with E-state index >= 15 is 0 Å². The Morgan fingerprint density at radius 2 is 1.60 bits per heavy atom. The molecule has 0 bridgehead atoms. The summed E-state index contributed by atoms with van der Waals surface area (Å²) in [7, 11) is 0. The molecule has 0 aliphatic heterocycles. The predicted molar refractivity (Wildman–Crippen MR) is 250 cm³/mol. The van der Waals surface area contributed by atoms with Gasteiger partial charge in [0.1, 0.15) is 0 Å². The number of hydrogen-bond acceptors (Lipinski definition) is 4. The number of rotatable bonds is 6. The smallest absolute Gasteiger partial charge is 0 e. The van der Waals surface area contributed by atoms with E-state index in [2.05, 4.69) is 138 Å². The molecule has 0 fully saturated rings. The van der Waals surface area contributed by atoms with Gasteiger partial charge in [0.15, 0.2) is 0 Å². The van der Waals surface area contributed by atoms with Crippen LogP contribution >= 0.6 is 0 Å². The van der Waals surface area contributed by atoms with E-state index in [1.54, 1.807) is 12.1 Å². The van der Waals surface area contributed by atoms with Crippen molar-refractivity contribution in [1.29, 1.82) is 0 Å². The summed E-state index contributed by atoms with van der Waals surface area (Å²) in [5.74, 6) is 6.97. The molecule has 0 amide bonds. The summed E-state index contributed by atoms with van der Waals surface area (Å²) in [5.41, 5.74) is 12.5. The van der Waals surface area contributed by atoms with Gasteiger partial charge in [-0.2, -0.15) is 0 Å². The second-order valence-corrected chi connectivity index (χ2v) is 28.0. The molecule has 0 spiro atoms. The Kier molecular flexibility index (Phi) is 10.8. The predicted octanol–water partition coefficient (Wildman–Crippen LogP) is 13.6. The van der Waals surface area contributed by atoms with E-state index in [9.17, 15) is 0 Å². The van der Waals surface area contributed by atoms with Crippen LogP contribution in [-0.2, 0) is 25.5 Å². The number of furan rings is 1.